The maximum Gasteiger partial charge on any atom is 0.246 e. The average Bonchev–Trinajstić information content (AvgIpc) is 3.04. The summed E-state index contributed by atoms with van der Waals surface area (Å²) in [6.07, 6.45) is 5.57. The summed E-state index contributed by atoms with van der Waals surface area (Å²) in [5.41, 5.74) is 1.00. The molecule has 0 spiro atoms. The molecule has 0 radical (unpaired) electrons. The third-order valence-corrected chi connectivity index (χ3v) is 3.76. The second-order valence-corrected chi connectivity index (χ2v) is 5.28. The zero-order valence-electron chi connectivity index (χ0n) is 12.8. The first-order chi connectivity index (χ1) is 10.2. The number of carbonyl (C=O) groups is 1. The van der Waals surface area contributed by atoms with Gasteiger partial charge in [-0.2, -0.15) is 0 Å². The highest BCUT2D eigenvalue weighted by Gasteiger charge is 2.24. The first-order valence-corrected chi connectivity index (χ1v) is 7.58. The van der Waals surface area contributed by atoms with E-state index in [4.69, 9.17) is 4.74 Å². The van der Waals surface area contributed by atoms with E-state index in [0.717, 1.165) is 43.8 Å². The molecule has 1 saturated heterocycles. The summed E-state index contributed by atoms with van der Waals surface area (Å²) in [7, 11) is 1.65. The lowest BCUT2D eigenvalue weighted by Crippen LogP contribution is -2.41. The SMILES string of the molecule is CCCN(C(=O)C=Cc1ccc(OC)cc1)C1CCNC1. The van der Waals surface area contributed by atoms with Gasteiger partial charge in [-0.05, 0) is 43.2 Å². The number of nitrogens with zero attached hydrogens (tertiary/aromatic N) is 1. The molecule has 4 nitrogen and oxygen atoms in total. The maximum absolute atomic E-state index is 12.4. The zero-order valence-corrected chi connectivity index (χ0v) is 12.8. The lowest BCUT2D eigenvalue weighted by molar-refractivity contribution is -0.127. The van der Waals surface area contributed by atoms with Crippen molar-refractivity contribution < 1.29 is 9.53 Å². The predicted octanol–water partition coefficient (Wildman–Crippen LogP) is 2.31. The summed E-state index contributed by atoms with van der Waals surface area (Å²) in [4.78, 5) is 14.4. The van der Waals surface area contributed by atoms with Crippen molar-refractivity contribution in [2.24, 2.45) is 0 Å². The van der Waals surface area contributed by atoms with Gasteiger partial charge in [-0.3, -0.25) is 4.79 Å². The van der Waals surface area contributed by atoms with Crippen molar-refractivity contribution in [3.05, 3.63) is 35.9 Å². The van der Waals surface area contributed by atoms with Gasteiger partial charge in [0.15, 0.2) is 0 Å². The van der Waals surface area contributed by atoms with Crippen molar-refractivity contribution >= 4 is 12.0 Å². The molecule has 4 heteroatoms. The van der Waals surface area contributed by atoms with Gasteiger partial charge in [-0.15, -0.1) is 0 Å². The summed E-state index contributed by atoms with van der Waals surface area (Å²) < 4.78 is 5.13. The smallest absolute Gasteiger partial charge is 0.246 e. The Bertz CT molecular complexity index is 476. The molecule has 1 aliphatic heterocycles. The summed E-state index contributed by atoms with van der Waals surface area (Å²) in [6, 6.07) is 8.02. The lowest BCUT2D eigenvalue weighted by Gasteiger charge is -2.27. The first-order valence-electron chi connectivity index (χ1n) is 7.58. The van der Waals surface area contributed by atoms with Crippen molar-refractivity contribution in [1.82, 2.24) is 10.2 Å². The normalized spacial score (nSPS) is 18.1. The van der Waals surface area contributed by atoms with Gasteiger partial charge in [0.1, 0.15) is 5.75 Å². The van der Waals surface area contributed by atoms with Crippen molar-refractivity contribution in [3.63, 3.8) is 0 Å². The largest absolute Gasteiger partial charge is 0.497 e. The monoisotopic (exact) mass is 288 g/mol. The minimum atomic E-state index is 0.0985. The number of hydrogen-bond donors (Lipinski definition) is 1. The summed E-state index contributed by atoms with van der Waals surface area (Å²) in [5, 5.41) is 3.32. The first kappa shape index (κ1) is 15.6. The topological polar surface area (TPSA) is 41.6 Å². The fraction of sp³-hybridized carbons (Fsp3) is 0.471. The predicted molar refractivity (Wildman–Crippen MR) is 85.3 cm³/mol. The Morgan fingerprint density at radius 2 is 2.19 bits per heavy atom. The molecule has 2 rings (SSSR count). The average molecular weight is 288 g/mol. The van der Waals surface area contributed by atoms with E-state index in [1.807, 2.05) is 35.2 Å². The highest BCUT2D eigenvalue weighted by Crippen LogP contribution is 2.14. The summed E-state index contributed by atoms with van der Waals surface area (Å²) >= 11 is 0. The van der Waals surface area contributed by atoms with Crippen molar-refractivity contribution in [2.45, 2.75) is 25.8 Å². The standard InChI is InChI=1S/C17H24N2O2/c1-3-12-19(15-10-11-18-13-15)17(20)9-6-14-4-7-16(21-2)8-5-14/h4-9,15,18H,3,10-13H2,1-2H3. The molecule has 1 fully saturated rings. The van der Waals surface area contributed by atoms with Gasteiger partial charge >= 0.3 is 0 Å². The van der Waals surface area contributed by atoms with E-state index < -0.39 is 0 Å². The second-order valence-electron chi connectivity index (χ2n) is 5.28. The Labute approximate surface area is 126 Å². The van der Waals surface area contributed by atoms with Gasteiger partial charge in [0.05, 0.1) is 7.11 Å². The molecule has 1 aliphatic rings. The van der Waals surface area contributed by atoms with Crippen LogP contribution in [0.25, 0.3) is 6.08 Å². The molecule has 21 heavy (non-hydrogen) atoms. The molecule has 1 N–H and O–H groups in total. The van der Waals surface area contributed by atoms with Crippen LogP contribution in [0.4, 0.5) is 0 Å². The van der Waals surface area contributed by atoms with E-state index in [-0.39, 0.29) is 5.91 Å². The minimum Gasteiger partial charge on any atom is -0.497 e. The van der Waals surface area contributed by atoms with Crippen LogP contribution in [-0.2, 0) is 4.79 Å². The van der Waals surface area contributed by atoms with E-state index in [9.17, 15) is 4.79 Å². The zero-order chi connectivity index (χ0) is 15.1. The molecular weight excluding hydrogens is 264 g/mol. The highest BCUT2D eigenvalue weighted by molar-refractivity contribution is 5.92. The molecule has 1 amide bonds. The van der Waals surface area contributed by atoms with Crippen LogP contribution < -0.4 is 10.1 Å². The number of benzene rings is 1. The minimum absolute atomic E-state index is 0.0985. The van der Waals surface area contributed by atoms with Gasteiger partial charge in [-0.1, -0.05) is 19.1 Å². The van der Waals surface area contributed by atoms with Gasteiger partial charge in [0.25, 0.3) is 0 Å². The number of hydrogen-bond acceptors (Lipinski definition) is 3. The van der Waals surface area contributed by atoms with Crippen LogP contribution in [-0.4, -0.2) is 43.6 Å². The number of carbonyl (C=O) groups excluding carboxylic acids is 1. The van der Waals surface area contributed by atoms with Crippen LogP contribution in [0, 0.1) is 0 Å². The van der Waals surface area contributed by atoms with E-state index >= 15 is 0 Å². The van der Waals surface area contributed by atoms with Crippen LogP contribution in [0.15, 0.2) is 30.3 Å². The molecule has 1 heterocycles. The Morgan fingerprint density at radius 3 is 2.76 bits per heavy atom. The van der Waals surface area contributed by atoms with Crippen molar-refractivity contribution in [1.29, 1.82) is 0 Å². The number of methoxy groups -OCH3 is 1. The number of rotatable bonds is 6. The fourth-order valence-corrected chi connectivity index (χ4v) is 2.60. The van der Waals surface area contributed by atoms with E-state index in [2.05, 4.69) is 12.2 Å². The van der Waals surface area contributed by atoms with Crippen LogP contribution in [0.2, 0.25) is 0 Å². The Morgan fingerprint density at radius 1 is 1.43 bits per heavy atom. The van der Waals surface area contributed by atoms with E-state index in [0.29, 0.717) is 6.04 Å². The molecule has 114 valence electrons. The van der Waals surface area contributed by atoms with Crippen LogP contribution in [0.5, 0.6) is 5.75 Å². The van der Waals surface area contributed by atoms with Gasteiger partial charge in [-0.25, -0.2) is 0 Å². The fourth-order valence-electron chi connectivity index (χ4n) is 2.60. The van der Waals surface area contributed by atoms with E-state index in [1.54, 1.807) is 13.2 Å². The molecule has 0 bridgehead atoms. The molecule has 1 aromatic carbocycles. The molecule has 0 aromatic heterocycles. The molecule has 1 unspecified atom stereocenters. The summed E-state index contributed by atoms with van der Waals surface area (Å²) in [5.74, 6) is 0.921. The summed E-state index contributed by atoms with van der Waals surface area (Å²) in [6.45, 7) is 4.83. The van der Waals surface area contributed by atoms with Crippen molar-refractivity contribution in [3.8, 4) is 5.75 Å². The Hall–Kier alpha value is -1.81. The number of amides is 1. The molecular formula is C17H24N2O2. The van der Waals surface area contributed by atoms with Crippen molar-refractivity contribution in [2.75, 3.05) is 26.7 Å². The van der Waals surface area contributed by atoms with Crippen LogP contribution >= 0.6 is 0 Å². The number of ether oxygens (including phenoxy) is 1. The molecule has 1 aromatic rings. The Balaban J connectivity index is 2.00. The van der Waals surface area contributed by atoms with Gasteiger partial charge < -0.3 is 15.0 Å². The van der Waals surface area contributed by atoms with Crippen LogP contribution in [0.1, 0.15) is 25.3 Å². The van der Waals surface area contributed by atoms with E-state index in [1.165, 1.54) is 0 Å². The highest BCUT2D eigenvalue weighted by atomic mass is 16.5. The Kier molecular flexibility index (Phi) is 5.81. The van der Waals surface area contributed by atoms with Crippen LogP contribution in [0.3, 0.4) is 0 Å². The second kappa shape index (κ2) is 7.84. The van der Waals surface area contributed by atoms with Gasteiger partial charge in [0.2, 0.25) is 5.91 Å². The third kappa shape index (κ3) is 4.33. The molecule has 1 atom stereocenters. The lowest BCUT2D eigenvalue weighted by atomic mass is 10.1. The molecule has 0 aliphatic carbocycles. The van der Waals surface area contributed by atoms with Gasteiger partial charge in [0, 0.05) is 25.2 Å². The maximum atomic E-state index is 12.4. The third-order valence-electron chi connectivity index (χ3n) is 3.76. The quantitative estimate of drug-likeness (QED) is 0.817. The number of nitrogens with one attached hydrogen (secondary N) is 1. The molecule has 0 saturated carbocycles.